The van der Waals surface area contributed by atoms with Crippen molar-refractivity contribution in [2.75, 3.05) is 24.9 Å². The molecule has 3 rings (SSSR count). The van der Waals surface area contributed by atoms with Gasteiger partial charge in [-0.1, -0.05) is 11.6 Å². The van der Waals surface area contributed by atoms with Crippen LogP contribution in [-0.2, 0) is 0 Å². The molecule has 7 nitrogen and oxygen atoms in total. The van der Waals surface area contributed by atoms with Crippen LogP contribution in [0.4, 0.5) is 17.3 Å². The van der Waals surface area contributed by atoms with Crippen molar-refractivity contribution in [1.82, 2.24) is 9.97 Å². The SMILES string of the molecule is COc1ccc(Nc2nccc(C(=O)Nc3cc(Cl)ccc3OC)n2)cc1. The van der Waals surface area contributed by atoms with E-state index in [9.17, 15) is 4.79 Å². The zero-order chi connectivity index (χ0) is 19.2. The smallest absolute Gasteiger partial charge is 0.274 e. The molecule has 2 aromatic carbocycles. The van der Waals surface area contributed by atoms with Gasteiger partial charge in [0, 0.05) is 16.9 Å². The minimum Gasteiger partial charge on any atom is -0.497 e. The molecule has 0 saturated carbocycles. The van der Waals surface area contributed by atoms with E-state index in [0.717, 1.165) is 11.4 Å². The van der Waals surface area contributed by atoms with Crippen molar-refractivity contribution in [2.24, 2.45) is 0 Å². The summed E-state index contributed by atoms with van der Waals surface area (Å²) in [6.07, 6.45) is 1.50. The van der Waals surface area contributed by atoms with Crippen molar-refractivity contribution in [3.05, 3.63) is 65.4 Å². The van der Waals surface area contributed by atoms with Gasteiger partial charge in [0.25, 0.3) is 5.91 Å². The Morgan fingerprint density at radius 1 is 1.04 bits per heavy atom. The molecular weight excluding hydrogens is 368 g/mol. The number of rotatable bonds is 6. The van der Waals surface area contributed by atoms with Gasteiger partial charge >= 0.3 is 0 Å². The first-order valence-electron chi connectivity index (χ1n) is 7.98. The molecule has 0 fully saturated rings. The van der Waals surface area contributed by atoms with E-state index in [-0.39, 0.29) is 5.69 Å². The first kappa shape index (κ1) is 18.5. The fraction of sp³-hybridized carbons (Fsp3) is 0.105. The lowest BCUT2D eigenvalue weighted by Crippen LogP contribution is -2.15. The Kier molecular flexibility index (Phi) is 5.73. The fourth-order valence-electron chi connectivity index (χ4n) is 2.31. The highest BCUT2D eigenvalue weighted by atomic mass is 35.5. The molecule has 27 heavy (non-hydrogen) atoms. The maximum atomic E-state index is 12.5. The predicted molar refractivity (Wildman–Crippen MR) is 104 cm³/mol. The van der Waals surface area contributed by atoms with Crippen LogP contribution in [0, 0.1) is 0 Å². The maximum Gasteiger partial charge on any atom is 0.274 e. The lowest BCUT2D eigenvalue weighted by Gasteiger charge is -2.11. The third-order valence-corrected chi connectivity index (χ3v) is 3.88. The van der Waals surface area contributed by atoms with Crippen LogP contribution in [0.3, 0.4) is 0 Å². The Morgan fingerprint density at radius 2 is 1.81 bits per heavy atom. The Balaban J connectivity index is 1.76. The van der Waals surface area contributed by atoms with Gasteiger partial charge in [0.1, 0.15) is 17.2 Å². The van der Waals surface area contributed by atoms with E-state index in [0.29, 0.717) is 22.4 Å². The van der Waals surface area contributed by atoms with Gasteiger partial charge < -0.3 is 20.1 Å². The van der Waals surface area contributed by atoms with Gasteiger partial charge in [-0.05, 0) is 48.5 Å². The summed E-state index contributed by atoms with van der Waals surface area (Å²) in [4.78, 5) is 20.9. The van der Waals surface area contributed by atoms with Crippen molar-refractivity contribution in [3.8, 4) is 11.5 Å². The minimum absolute atomic E-state index is 0.197. The molecule has 0 spiro atoms. The quantitative estimate of drug-likeness (QED) is 0.664. The van der Waals surface area contributed by atoms with Gasteiger partial charge in [-0.15, -0.1) is 0 Å². The molecule has 0 saturated heterocycles. The monoisotopic (exact) mass is 384 g/mol. The van der Waals surface area contributed by atoms with Gasteiger partial charge in [-0.25, -0.2) is 9.97 Å². The molecule has 8 heteroatoms. The third-order valence-electron chi connectivity index (χ3n) is 3.64. The topological polar surface area (TPSA) is 85.4 Å². The molecule has 3 aromatic rings. The van der Waals surface area contributed by atoms with Crippen molar-refractivity contribution in [1.29, 1.82) is 0 Å². The molecule has 1 aromatic heterocycles. The zero-order valence-electron chi connectivity index (χ0n) is 14.7. The number of methoxy groups -OCH3 is 2. The highest BCUT2D eigenvalue weighted by molar-refractivity contribution is 6.31. The normalized spacial score (nSPS) is 10.2. The standard InChI is InChI=1S/C19H17ClN4O3/c1-26-14-6-4-13(5-7-14)22-19-21-10-9-15(24-19)18(25)23-16-11-12(20)3-8-17(16)27-2/h3-11H,1-2H3,(H,23,25)(H,21,22,24). The lowest BCUT2D eigenvalue weighted by atomic mass is 10.2. The number of carbonyl (C=O) groups excluding carboxylic acids is 1. The molecule has 0 radical (unpaired) electrons. The summed E-state index contributed by atoms with van der Waals surface area (Å²) in [6.45, 7) is 0. The van der Waals surface area contributed by atoms with Gasteiger partial charge in [0.15, 0.2) is 0 Å². The number of ether oxygens (including phenoxy) is 2. The molecule has 0 aliphatic heterocycles. The van der Waals surface area contributed by atoms with Gasteiger partial charge in [0.2, 0.25) is 5.95 Å². The highest BCUT2D eigenvalue weighted by Gasteiger charge is 2.13. The fourth-order valence-corrected chi connectivity index (χ4v) is 2.49. The van der Waals surface area contributed by atoms with Crippen LogP contribution >= 0.6 is 11.6 Å². The highest BCUT2D eigenvalue weighted by Crippen LogP contribution is 2.28. The Labute approximate surface area is 161 Å². The number of carbonyl (C=O) groups is 1. The average molecular weight is 385 g/mol. The van der Waals surface area contributed by atoms with Crippen LogP contribution in [0.2, 0.25) is 5.02 Å². The summed E-state index contributed by atoms with van der Waals surface area (Å²) in [5.41, 5.74) is 1.42. The van der Waals surface area contributed by atoms with E-state index in [1.54, 1.807) is 25.3 Å². The molecule has 0 atom stereocenters. The third kappa shape index (κ3) is 4.65. The molecule has 1 amide bonds. The molecule has 0 bridgehead atoms. The lowest BCUT2D eigenvalue weighted by molar-refractivity contribution is 0.102. The van der Waals surface area contributed by atoms with Crippen LogP contribution in [0.25, 0.3) is 0 Å². The van der Waals surface area contributed by atoms with Crippen LogP contribution in [0.1, 0.15) is 10.5 Å². The number of nitrogens with one attached hydrogen (secondary N) is 2. The van der Waals surface area contributed by atoms with Crippen molar-refractivity contribution in [2.45, 2.75) is 0 Å². The summed E-state index contributed by atoms with van der Waals surface area (Å²) < 4.78 is 10.4. The number of amides is 1. The second kappa shape index (κ2) is 8.37. The molecule has 138 valence electrons. The summed E-state index contributed by atoms with van der Waals surface area (Å²) >= 11 is 5.99. The van der Waals surface area contributed by atoms with Gasteiger partial charge in [-0.3, -0.25) is 4.79 Å². The average Bonchev–Trinajstić information content (AvgIpc) is 2.69. The minimum atomic E-state index is -0.407. The molecule has 2 N–H and O–H groups in total. The molecule has 0 aliphatic rings. The van der Waals surface area contributed by atoms with Crippen molar-refractivity contribution >= 4 is 34.8 Å². The first-order chi connectivity index (χ1) is 13.1. The van der Waals surface area contributed by atoms with E-state index < -0.39 is 5.91 Å². The molecular formula is C19H17ClN4O3. The number of aromatic nitrogens is 2. The molecule has 0 unspecified atom stereocenters. The number of anilines is 3. The number of hydrogen-bond acceptors (Lipinski definition) is 6. The predicted octanol–water partition coefficient (Wildman–Crippen LogP) is 4.14. The zero-order valence-corrected chi connectivity index (χ0v) is 15.4. The van der Waals surface area contributed by atoms with Crippen LogP contribution < -0.4 is 20.1 Å². The van der Waals surface area contributed by atoms with Gasteiger partial charge in [0.05, 0.1) is 19.9 Å². The van der Waals surface area contributed by atoms with Crippen LogP contribution in [0.15, 0.2) is 54.7 Å². The second-order valence-corrected chi connectivity index (χ2v) is 5.85. The van der Waals surface area contributed by atoms with Crippen molar-refractivity contribution < 1.29 is 14.3 Å². The van der Waals surface area contributed by atoms with E-state index in [2.05, 4.69) is 20.6 Å². The van der Waals surface area contributed by atoms with Gasteiger partial charge in [-0.2, -0.15) is 0 Å². The van der Waals surface area contributed by atoms with Crippen molar-refractivity contribution in [3.63, 3.8) is 0 Å². The maximum absolute atomic E-state index is 12.5. The summed E-state index contributed by atoms with van der Waals surface area (Å²) in [6, 6.07) is 13.7. The van der Waals surface area contributed by atoms with E-state index in [1.807, 2.05) is 24.3 Å². The van der Waals surface area contributed by atoms with E-state index in [1.165, 1.54) is 19.4 Å². The summed E-state index contributed by atoms with van der Waals surface area (Å²) in [7, 11) is 3.11. The van der Waals surface area contributed by atoms with Crippen LogP contribution in [-0.4, -0.2) is 30.1 Å². The Bertz CT molecular complexity index is 948. The summed E-state index contributed by atoms with van der Waals surface area (Å²) in [5, 5.41) is 6.27. The Morgan fingerprint density at radius 3 is 2.52 bits per heavy atom. The number of benzene rings is 2. The first-order valence-corrected chi connectivity index (χ1v) is 8.36. The summed E-state index contributed by atoms with van der Waals surface area (Å²) in [5.74, 6) is 1.13. The number of nitrogens with zero attached hydrogens (tertiary/aromatic N) is 2. The molecule has 0 aliphatic carbocycles. The number of hydrogen-bond donors (Lipinski definition) is 2. The van der Waals surface area contributed by atoms with E-state index >= 15 is 0 Å². The van der Waals surface area contributed by atoms with Crippen LogP contribution in [0.5, 0.6) is 11.5 Å². The molecule has 1 heterocycles. The number of halogens is 1. The second-order valence-electron chi connectivity index (χ2n) is 5.42. The largest absolute Gasteiger partial charge is 0.497 e. The van der Waals surface area contributed by atoms with E-state index in [4.69, 9.17) is 21.1 Å². The Hall–Kier alpha value is -3.32.